The highest BCUT2D eigenvalue weighted by molar-refractivity contribution is 9.10. The van der Waals surface area contributed by atoms with E-state index in [0.717, 1.165) is 0 Å². The Morgan fingerprint density at radius 2 is 2.14 bits per heavy atom. The Balaban J connectivity index is 1.83. The molecule has 21 heavy (non-hydrogen) atoms. The van der Waals surface area contributed by atoms with Crippen LogP contribution in [0.4, 0.5) is 10.5 Å². The molecular weight excluding hydrogens is 340 g/mol. The Morgan fingerprint density at radius 3 is 2.81 bits per heavy atom. The van der Waals surface area contributed by atoms with Crippen LogP contribution < -0.4 is 16.4 Å². The van der Waals surface area contributed by atoms with Gasteiger partial charge in [0.05, 0.1) is 16.6 Å². The van der Waals surface area contributed by atoms with E-state index in [4.69, 9.17) is 5.73 Å². The smallest absolute Gasteiger partial charge is 0.322 e. The molecule has 0 aromatic heterocycles. The number of halogens is 1. The van der Waals surface area contributed by atoms with Gasteiger partial charge in [-0.3, -0.25) is 14.9 Å². The molecule has 7 nitrogen and oxygen atoms in total. The van der Waals surface area contributed by atoms with E-state index in [1.165, 1.54) is 0 Å². The van der Waals surface area contributed by atoms with Crippen LogP contribution in [0.5, 0.6) is 0 Å². The van der Waals surface area contributed by atoms with Crippen molar-refractivity contribution < 1.29 is 14.4 Å². The molecule has 0 radical (unpaired) electrons. The van der Waals surface area contributed by atoms with Gasteiger partial charge in [0.15, 0.2) is 0 Å². The van der Waals surface area contributed by atoms with E-state index in [9.17, 15) is 14.4 Å². The summed E-state index contributed by atoms with van der Waals surface area (Å²) in [5.41, 5.74) is 5.69. The van der Waals surface area contributed by atoms with Gasteiger partial charge in [-0.1, -0.05) is 6.07 Å². The van der Waals surface area contributed by atoms with E-state index in [-0.39, 0.29) is 18.4 Å². The average Bonchev–Trinajstić information content (AvgIpc) is 2.97. The largest absolute Gasteiger partial charge is 0.398 e. The summed E-state index contributed by atoms with van der Waals surface area (Å²) in [5.74, 6) is -0.602. The van der Waals surface area contributed by atoms with Crippen LogP contribution in [-0.2, 0) is 4.79 Å². The molecule has 0 bridgehead atoms. The van der Waals surface area contributed by atoms with Gasteiger partial charge < -0.3 is 16.0 Å². The average molecular weight is 353 g/mol. The zero-order chi connectivity index (χ0) is 15.2. The summed E-state index contributed by atoms with van der Waals surface area (Å²) >= 11 is 3.30. The van der Waals surface area contributed by atoms with Crippen LogP contribution in [0.2, 0.25) is 0 Å². The van der Waals surface area contributed by atoms with Crippen LogP contribution in [0.1, 0.15) is 16.8 Å². The van der Waals surface area contributed by atoms with E-state index < -0.39 is 11.6 Å². The number of nitrogens with one attached hydrogen (secondary N) is 2. The number of benzene rings is 1. The lowest BCUT2D eigenvalue weighted by molar-refractivity contribution is -0.123. The number of carbonyl (C=O) groups excluding carboxylic acids is 3. The number of anilines is 1. The van der Waals surface area contributed by atoms with Crippen LogP contribution in [0.15, 0.2) is 22.7 Å². The molecule has 8 heteroatoms. The number of hydrogen-bond acceptors (Lipinski definition) is 4. The van der Waals surface area contributed by atoms with Crippen molar-refractivity contribution in [2.24, 2.45) is 0 Å². The van der Waals surface area contributed by atoms with Gasteiger partial charge in [-0.05, 0) is 34.5 Å². The summed E-state index contributed by atoms with van der Waals surface area (Å²) in [6.07, 6.45) is 0.399. The fourth-order valence-electron chi connectivity index (χ4n) is 2.68. The van der Waals surface area contributed by atoms with Crippen molar-refractivity contribution in [3.8, 4) is 0 Å². The van der Waals surface area contributed by atoms with Crippen LogP contribution >= 0.6 is 15.9 Å². The van der Waals surface area contributed by atoms with Gasteiger partial charge in [-0.2, -0.15) is 0 Å². The molecule has 0 aliphatic carbocycles. The minimum absolute atomic E-state index is 0.157. The van der Waals surface area contributed by atoms with Gasteiger partial charge in [0.25, 0.3) is 11.8 Å². The maximum Gasteiger partial charge on any atom is 0.322 e. The first kappa shape index (κ1) is 13.9. The second-order valence-electron chi connectivity index (χ2n) is 5.18. The quantitative estimate of drug-likeness (QED) is 0.504. The zero-order valence-electron chi connectivity index (χ0n) is 11.0. The zero-order valence-corrected chi connectivity index (χ0v) is 12.6. The normalized spacial score (nSPS) is 24.3. The van der Waals surface area contributed by atoms with Gasteiger partial charge in [0, 0.05) is 12.2 Å². The van der Waals surface area contributed by atoms with Crippen LogP contribution in [0.25, 0.3) is 0 Å². The Labute approximate surface area is 129 Å². The van der Waals surface area contributed by atoms with E-state index in [2.05, 4.69) is 26.6 Å². The summed E-state index contributed by atoms with van der Waals surface area (Å²) in [6.45, 7) is 0.554. The number of nitrogens with two attached hydrogens (primary N) is 1. The molecule has 1 atom stereocenters. The predicted molar refractivity (Wildman–Crippen MR) is 78.5 cm³/mol. The fraction of sp³-hybridized carbons (Fsp3) is 0.308. The van der Waals surface area contributed by atoms with Crippen molar-refractivity contribution in [3.63, 3.8) is 0 Å². The molecule has 1 unspecified atom stereocenters. The molecule has 2 heterocycles. The Kier molecular flexibility index (Phi) is 3.12. The predicted octanol–water partition coefficient (Wildman–Crippen LogP) is 0.455. The summed E-state index contributed by atoms with van der Waals surface area (Å²) in [4.78, 5) is 37.3. The van der Waals surface area contributed by atoms with Crippen molar-refractivity contribution in [2.45, 2.75) is 12.0 Å². The molecule has 2 fully saturated rings. The lowest BCUT2D eigenvalue weighted by Gasteiger charge is -2.21. The van der Waals surface area contributed by atoms with E-state index in [1.54, 1.807) is 23.1 Å². The Morgan fingerprint density at radius 1 is 1.38 bits per heavy atom. The first-order valence-corrected chi connectivity index (χ1v) is 7.19. The summed E-state index contributed by atoms with van der Waals surface area (Å²) in [5, 5.41) is 4.82. The molecule has 0 saturated carbocycles. The molecule has 3 rings (SSSR count). The third-order valence-corrected chi connectivity index (χ3v) is 4.72. The van der Waals surface area contributed by atoms with Crippen LogP contribution in [-0.4, -0.2) is 41.4 Å². The van der Waals surface area contributed by atoms with Crippen molar-refractivity contribution in [1.29, 1.82) is 0 Å². The molecule has 1 aromatic carbocycles. The summed E-state index contributed by atoms with van der Waals surface area (Å²) in [6, 6.07) is 4.54. The molecule has 2 aliphatic rings. The Bertz CT molecular complexity index is 663. The summed E-state index contributed by atoms with van der Waals surface area (Å²) < 4.78 is 0.538. The number of carbonyl (C=O) groups is 3. The van der Waals surface area contributed by atoms with E-state index in [0.29, 0.717) is 28.7 Å². The number of nitrogen functional groups attached to an aromatic ring is 1. The number of amides is 4. The molecule has 1 aromatic rings. The van der Waals surface area contributed by atoms with E-state index in [1.807, 2.05) is 0 Å². The maximum absolute atomic E-state index is 12.5. The molecule has 2 aliphatic heterocycles. The minimum Gasteiger partial charge on any atom is -0.398 e. The highest BCUT2D eigenvalue weighted by Gasteiger charge is 2.51. The first-order chi connectivity index (χ1) is 9.93. The van der Waals surface area contributed by atoms with Gasteiger partial charge in [-0.15, -0.1) is 0 Å². The number of urea groups is 1. The third kappa shape index (κ3) is 2.15. The first-order valence-electron chi connectivity index (χ1n) is 6.40. The van der Waals surface area contributed by atoms with Gasteiger partial charge in [0.2, 0.25) is 0 Å². The summed E-state index contributed by atoms with van der Waals surface area (Å²) in [7, 11) is 0. The monoisotopic (exact) mass is 352 g/mol. The van der Waals surface area contributed by atoms with Crippen molar-refractivity contribution in [3.05, 3.63) is 28.2 Å². The van der Waals surface area contributed by atoms with Gasteiger partial charge in [0.1, 0.15) is 5.54 Å². The van der Waals surface area contributed by atoms with Crippen molar-refractivity contribution in [2.75, 3.05) is 18.8 Å². The second-order valence-corrected chi connectivity index (χ2v) is 5.97. The maximum atomic E-state index is 12.5. The Hall–Kier alpha value is -2.09. The number of rotatable bonds is 1. The fourth-order valence-corrected chi connectivity index (χ4v) is 3.12. The molecule has 4 amide bonds. The molecule has 1 spiro atoms. The molecule has 2 saturated heterocycles. The third-order valence-electron chi connectivity index (χ3n) is 3.83. The van der Waals surface area contributed by atoms with Crippen molar-refractivity contribution in [1.82, 2.24) is 15.5 Å². The molecule has 4 N–H and O–H groups in total. The number of likely N-dealkylation sites (tertiary alicyclic amines) is 1. The van der Waals surface area contributed by atoms with E-state index >= 15 is 0 Å². The topological polar surface area (TPSA) is 105 Å². The highest BCUT2D eigenvalue weighted by atomic mass is 79.9. The molecule has 110 valence electrons. The lowest BCUT2D eigenvalue weighted by Crippen LogP contribution is -2.49. The molecular formula is C13H13BrN4O3. The highest BCUT2D eigenvalue weighted by Crippen LogP contribution is 2.29. The SMILES string of the molecule is Nc1cccc(C(=O)N2CCC3(C2)NC(=O)NC3=O)c1Br. The standard InChI is InChI=1S/C13H13BrN4O3/c14-9-7(2-1-3-8(9)15)10(19)18-5-4-13(6-18)11(20)16-12(21)17-13/h1-3H,4-6,15H2,(H2,16,17,20,21). The van der Waals surface area contributed by atoms with Crippen LogP contribution in [0.3, 0.4) is 0 Å². The number of imide groups is 1. The van der Waals surface area contributed by atoms with Crippen molar-refractivity contribution >= 4 is 39.5 Å². The van der Waals surface area contributed by atoms with Gasteiger partial charge >= 0.3 is 6.03 Å². The minimum atomic E-state index is -1.00. The van der Waals surface area contributed by atoms with Gasteiger partial charge in [-0.25, -0.2) is 4.79 Å². The van der Waals surface area contributed by atoms with Crippen LogP contribution in [0, 0.1) is 0 Å². The number of hydrogen-bond donors (Lipinski definition) is 3. The lowest BCUT2D eigenvalue weighted by atomic mass is 9.99. The second kappa shape index (κ2) is 4.73. The number of nitrogens with zero attached hydrogens (tertiary/aromatic N) is 1.